The van der Waals surface area contributed by atoms with Crippen molar-refractivity contribution in [3.8, 4) is 0 Å². The second-order valence-electron chi connectivity index (χ2n) is 13.7. The molecule has 2 atom stereocenters. The quantitative estimate of drug-likeness (QED) is 0.191. The van der Waals surface area contributed by atoms with Gasteiger partial charge in [-0.3, -0.25) is 24.0 Å². The van der Waals surface area contributed by atoms with Crippen LogP contribution in [0.2, 0.25) is 0 Å². The van der Waals surface area contributed by atoms with E-state index >= 15 is 0 Å². The Bertz CT molecular complexity index is 1500. The minimum atomic E-state index is -0.629. The lowest BCUT2D eigenvalue weighted by Gasteiger charge is -2.23. The summed E-state index contributed by atoms with van der Waals surface area (Å²) in [7, 11) is 2.67. The molecule has 10 nitrogen and oxygen atoms in total. The molecule has 0 aliphatic carbocycles. The number of ether oxygens (including phenoxy) is 2. The van der Waals surface area contributed by atoms with Crippen molar-refractivity contribution >= 4 is 29.7 Å². The third-order valence-electron chi connectivity index (χ3n) is 9.85. The van der Waals surface area contributed by atoms with Gasteiger partial charge < -0.3 is 24.2 Å². The molecule has 3 heterocycles. The molecule has 3 saturated heterocycles. The molecular formula is C43H55N3O7. The van der Waals surface area contributed by atoms with Gasteiger partial charge in [-0.1, -0.05) is 110 Å². The Kier molecular flexibility index (Phi) is 17.1. The summed E-state index contributed by atoms with van der Waals surface area (Å²) >= 11 is 0. The van der Waals surface area contributed by atoms with E-state index in [-0.39, 0.29) is 11.8 Å². The van der Waals surface area contributed by atoms with E-state index in [1.807, 2.05) is 83.8 Å². The van der Waals surface area contributed by atoms with Gasteiger partial charge in [0.1, 0.15) is 11.8 Å². The van der Waals surface area contributed by atoms with Crippen LogP contribution in [0.1, 0.15) is 80.9 Å². The zero-order valence-electron chi connectivity index (χ0n) is 31.3. The van der Waals surface area contributed by atoms with E-state index in [9.17, 15) is 24.0 Å². The van der Waals surface area contributed by atoms with Gasteiger partial charge in [-0.15, -0.1) is 0 Å². The molecule has 2 unspecified atom stereocenters. The SMILES string of the molecule is COC(=O)C1CCCCN(Cc2ccccc2)C1=O.COC(=O)C1CCCCN(Cc2ccccc2)C1=O.O=C1CCCCCN1Cc1ccccc1. The van der Waals surface area contributed by atoms with Gasteiger partial charge in [-0.05, 0) is 55.2 Å². The summed E-state index contributed by atoms with van der Waals surface area (Å²) in [6.45, 7) is 4.25. The van der Waals surface area contributed by atoms with Crippen LogP contribution in [0, 0.1) is 11.8 Å². The van der Waals surface area contributed by atoms with Gasteiger partial charge in [0.05, 0.1) is 14.2 Å². The van der Waals surface area contributed by atoms with Crippen LogP contribution >= 0.6 is 0 Å². The van der Waals surface area contributed by atoms with Gasteiger partial charge in [0.15, 0.2) is 0 Å². The molecule has 0 aromatic heterocycles. The van der Waals surface area contributed by atoms with Crippen LogP contribution in [-0.4, -0.2) is 78.2 Å². The van der Waals surface area contributed by atoms with E-state index < -0.39 is 23.8 Å². The first-order valence-electron chi connectivity index (χ1n) is 18.9. The van der Waals surface area contributed by atoms with Crippen LogP contribution < -0.4 is 0 Å². The molecule has 3 aliphatic rings. The average Bonchev–Trinajstić information content (AvgIpc) is 3.60. The Labute approximate surface area is 314 Å². The first kappa shape index (κ1) is 40.8. The summed E-state index contributed by atoms with van der Waals surface area (Å²) in [4.78, 5) is 65.3. The fraction of sp³-hybridized carbons (Fsp3) is 0.465. The largest absolute Gasteiger partial charge is 0.468 e. The summed E-state index contributed by atoms with van der Waals surface area (Å²) in [5, 5.41) is 0. The molecule has 0 radical (unpaired) electrons. The molecule has 3 amide bonds. The monoisotopic (exact) mass is 725 g/mol. The van der Waals surface area contributed by atoms with E-state index in [0.717, 1.165) is 69.2 Å². The molecule has 6 rings (SSSR count). The van der Waals surface area contributed by atoms with Crippen molar-refractivity contribution in [2.45, 2.75) is 83.8 Å². The Balaban J connectivity index is 0.000000179. The van der Waals surface area contributed by atoms with Gasteiger partial charge in [-0.2, -0.15) is 0 Å². The lowest BCUT2D eigenvalue weighted by molar-refractivity contribution is -0.155. The van der Waals surface area contributed by atoms with Crippen LogP contribution in [0.15, 0.2) is 91.0 Å². The van der Waals surface area contributed by atoms with Crippen molar-refractivity contribution in [1.82, 2.24) is 14.7 Å². The van der Waals surface area contributed by atoms with E-state index in [1.54, 1.807) is 9.80 Å². The fourth-order valence-electron chi connectivity index (χ4n) is 6.86. The van der Waals surface area contributed by atoms with Crippen molar-refractivity contribution in [3.05, 3.63) is 108 Å². The molecule has 3 fully saturated rings. The normalized spacial score (nSPS) is 19.3. The lowest BCUT2D eigenvalue weighted by atomic mass is 10.0. The van der Waals surface area contributed by atoms with Crippen LogP contribution in [0.25, 0.3) is 0 Å². The van der Waals surface area contributed by atoms with E-state index in [0.29, 0.717) is 44.9 Å². The number of hydrogen-bond acceptors (Lipinski definition) is 7. The van der Waals surface area contributed by atoms with Crippen LogP contribution in [0.4, 0.5) is 0 Å². The second-order valence-corrected chi connectivity index (χ2v) is 13.7. The minimum absolute atomic E-state index is 0.104. The van der Waals surface area contributed by atoms with Crippen LogP contribution in [-0.2, 0) is 53.1 Å². The van der Waals surface area contributed by atoms with Crippen LogP contribution in [0.3, 0.4) is 0 Å². The summed E-state index contributed by atoms with van der Waals surface area (Å²) in [6.07, 6.45) is 8.96. The first-order chi connectivity index (χ1) is 25.8. The van der Waals surface area contributed by atoms with Gasteiger partial charge in [0.25, 0.3) is 0 Å². The number of hydrogen-bond donors (Lipinski definition) is 0. The van der Waals surface area contributed by atoms with Gasteiger partial charge >= 0.3 is 11.9 Å². The third kappa shape index (κ3) is 13.2. The van der Waals surface area contributed by atoms with Crippen molar-refractivity contribution in [2.75, 3.05) is 33.9 Å². The highest BCUT2D eigenvalue weighted by atomic mass is 16.5. The lowest BCUT2D eigenvalue weighted by Crippen LogP contribution is -2.38. The standard InChI is InChI=1S/2C15H19NO3.C13H17NO/c2*1-19-15(18)13-9-5-6-10-16(14(13)17)11-12-7-3-2-4-8-12;15-13-9-5-2-6-10-14(13)11-12-7-3-1-4-8-12/h2*2-4,7-8,13H,5-6,9-11H2,1H3;1,3-4,7-8H,2,5-6,9-11H2. The van der Waals surface area contributed by atoms with E-state index in [2.05, 4.69) is 12.1 Å². The fourth-order valence-corrected chi connectivity index (χ4v) is 6.86. The second kappa shape index (κ2) is 22.2. The molecule has 10 heteroatoms. The molecular weight excluding hydrogens is 670 g/mol. The number of rotatable bonds is 8. The number of benzene rings is 3. The number of carbonyl (C=O) groups excluding carboxylic acids is 5. The maximum Gasteiger partial charge on any atom is 0.318 e. The predicted octanol–water partition coefficient (Wildman–Crippen LogP) is 6.57. The predicted molar refractivity (Wildman–Crippen MR) is 203 cm³/mol. The number of likely N-dealkylation sites (tertiary alicyclic amines) is 3. The first-order valence-corrected chi connectivity index (χ1v) is 18.9. The molecule has 0 bridgehead atoms. The van der Waals surface area contributed by atoms with Gasteiger partial charge in [0.2, 0.25) is 17.7 Å². The smallest absolute Gasteiger partial charge is 0.318 e. The molecule has 0 N–H and O–H groups in total. The minimum Gasteiger partial charge on any atom is -0.468 e. The third-order valence-corrected chi connectivity index (χ3v) is 9.85. The molecule has 0 spiro atoms. The molecule has 3 aliphatic heterocycles. The Morgan fingerprint density at radius 1 is 0.509 bits per heavy atom. The number of amides is 3. The van der Waals surface area contributed by atoms with Gasteiger partial charge in [0, 0.05) is 45.7 Å². The average molecular weight is 726 g/mol. The highest BCUT2D eigenvalue weighted by Gasteiger charge is 2.34. The van der Waals surface area contributed by atoms with Crippen molar-refractivity contribution in [2.24, 2.45) is 11.8 Å². The molecule has 284 valence electrons. The zero-order chi connectivity index (χ0) is 37.8. The maximum atomic E-state index is 12.4. The number of esters is 2. The van der Waals surface area contributed by atoms with Crippen molar-refractivity contribution in [1.29, 1.82) is 0 Å². The topological polar surface area (TPSA) is 114 Å². The Morgan fingerprint density at radius 3 is 1.26 bits per heavy atom. The van der Waals surface area contributed by atoms with E-state index in [1.165, 1.54) is 26.2 Å². The summed E-state index contributed by atoms with van der Waals surface area (Å²) < 4.78 is 9.46. The van der Waals surface area contributed by atoms with Crippen molar-refractivity contribution < 1.29 is 33.4 Å². The van der Waals surface area contributed by atoms with Crippen molar-refractivity contribution in [3.63, 3.8) is 0 Å². The highest BCUT2D eigenvalue weighted by molar-refractivity contribution is 5.98. The highest BCUT2D eigenvalue weighted by Crippen LogP contribution is 2.22. The maximum absolute atomic E-state index is 12.4. The molecule has 3 aromatic carbocycles. The number of methoxy groups -OCH3 is 2. The summed E-state index contributed by atoms with van der Waals surface area (Å²) in [5.41, 5.74) is 3.40. The van der Waals surface area contributed by atoms with E-state index in [4.69, 9.17) is 9.47 Å². The molecule has 0 saturated carbocycles. The van der Waals surface area contributed by atoms with Gasteiger partial charge in [-0.25, -0.2) is 0 Å². The Hall–Kier alpha value is -4.99. The zero-order valence-corrected chi connectivity index (χ0v) is 31.3. The van der Waals surface area contributed by atoms with Crippen LogP contribution in [0.5, 0.6) is 0 Å². The Morgan fingerprint density at radius 2 is 0.868 bits per heavy atom. The number of carbonyl (C=O) groups is 5. The number of nitrogens with zero attached hydrogens (tertiary/aromatic N) is 3. The molecule has 3 aromatic rings. The summed E-state index contributed by atoms with van der Waals surface area (Å²) in [5.74, 6) is -1.97. The summed E-state index contributed by atoms with van der Waals surface area (Å²) in [6, 6.07) is 29.9. The molecule has 53 heavy (non-hydrogen) atoms.